The highest BCUT2D eigenvalue weighted by molar-refractivity contribution is 6.33. The van der Waals surface area contributed by atoms with Crippen LogP contribution < -0.4 is 9.47 Å². The standard InChI is InChI=1S/C12H14Cl2O3/c1-4-9(15)11(14)7-5-8(13)12(17-3)10(6-7)16-2/h5-6,11H,4H2,1-3H3. The van der Waals surface area contributed by atoms with Gasteiger partial charge in [0.25, 0.3) is 0 Å². The molecule has 0 bridgehead atoms. The highest BCUT2D eigenvalue weighted by atomic mass is 35.5. The van der Waals surface area contributed by atoms with Crippen molar-refractivity contribution in [2.75, 3.05) is 14.2 Å². The van der Waals surface area contributed by atoms with Gasteiger partial charge in [-0.2, -0.15) is 0 Å². The fraction of sp³-hybridized carbons (Fsp3) is 0.417. The van der Waals surface area contributed by atoms with Crippen LogP contribution in [0.1, 0.15) is 24.3 Å². The molecule has 94 valence electrons. The molecule has 1 rings (SSSR count). The number of ketones is 1. The number of carbonyl (C=O) groups is 1. The second kappa shape index (κ2) is 6.12. The lowest BCUT2D eigenvalue weighted by molar-refractivity contribution is -0.118. The molecule has 0 saturated carbocycles. The molecule has 0 spiro atoms. The first-order valence-electron chi connectivity index (χ1n) is 5.13. The van der Waals surface area contributed by atoms with Gasteiger partial charge in [-0.25, -0.2) is 0 Å². The minimum atomic E-state index is -0.711. The van der Waals surface area contributed by atoms with Crippen molar-refractivity contribution in [3.05, 3.63) is 22.7 Å². The highest BCUT2D eigenvalue weighted by Crippen LogP contribution is 2.39. The number of carbonyl (C=O) groups excluding carboxylic acids is 1. The number of Topliss-reactive ketones (excluding diaryl/α,β-unsaturated/α-hetero) is 1. The molecule has 0 aliphatic carbocycles. The molecule has 0 aliphatic rings. The van der Waals surface area contributed by atoms with Gasteiger partial charge in [-0.3, -0.25) is 4.79 Å². The lowest BCUT2D eigenvalue weighted by Gasteiger charge is -2.14. The maximum Gasteiger partial charge on any atom is 0.179 e. The van der Waals surface area contributed by atoms with Crippen molar-refractivity contribution in [3.8, 4) is 11.5 Å². The van der Waals surface area contributed by atoms with E-state index in [0.717, 1.165) is 0 Å². The summed E-state index contributed by atoms with van der Waals surface area (Å²) in [4.78, 5) is 11.5. The molecule has 3 nitrogen and oxygen atoms in total. The fourth-order valence-corrected chi connectivity index (χ4v) is 2.03. The monoisotopic (exact) mass is 276 g/mol. The van der Waals surface area contributed by atoms with E-state index < -0.39 is 5.38 Å². The summed E-state index contributed by atoms with van der Waals surface area (Å²) in [6.45, 7) is 1.76. The Labute approximate surface area is 111 Å². The maximum atomic E-state index is 11.5. The Kier molecular flexibility index (Phi) is 5.09. The molecule has 0 radical (unpaired) electrons. The second-order valence-electron chi connectivity index (χ2n) is 3.42. The molecule has 0 saturated heterocycles. The van der Waals surface area contributed by atoms with Crippen LogP contribution >= 0.6 is 23.2 Å². The summed E-state index contributed by atoms with van der Waals surface area (Å²) in [5.41, 5.74) is 0.612. The third-order valence-electron chi connectivity index (χ3n) is 2.38. The molecule has 0 aliphatic heterocycles. The molecule has 0 aromatic heterocycles. The summed E-state index contributed by atoms with van der Waals surface area (Å²) >= 11 is 12.1. The summed E-state index contributed by atoms with van der Waals surface area (Å²) in [5.74, 6) is 0.838. The van der Waals surface area contributed by atoms with Crippen LogP contribution in [0.15, 0.2) is 12.1 Å². The minimum absolute atomic E-state index is 0.0602. The average Bonchev–Trinajstić information content (AvgIpc) is 2.35. The van der Waals surface area contributed by atoms with Crippen molar-refractivity contribution in [3.63, 3.8) is 0 Å². The zero-order valence-corrected chi connectivity index (χ0v) is 11.4. The second-order valence-corrected chi connectivity index (χ2v) is 4.26. The third-order valence-corrected chi connectivity index (χ3v) is 3.16. The van der Waals surface area contributed by atoms with Crippen LogP contribution in [0.2, 0.25) is 5.02 Å². The van der Waals surface area contributed by atoms with Gasteiger partial charge in [-0.15, -0.1) is 11.6 Å². The van der Waals surface area contributed by atoms with E-state index >= 15 is 0 Å². The van der Waals surface area contributed by atoms with Gasteiger partial charge < -0.3 is 9.47 Å². The molecule has 1 aromatic carbocycles. The lowest BCUT2D eigenvalue weighted by atomic mass is 10.1. The molecule has 0 heterocycles. The molecule has 1 atom stereocenters. The number of halogens is 2. The van der Waals surface area contributed by atoms with Crippen LogP contribution in [0, 0.1) is 0 Å². The molecular weight excluding hydrogens is 263 g/mol. The average molecular weight is 277 g/mol. The number of ether oxygens (including phenoxy) is 2. The Balaban J connectivity index is 3.19. The molecule has 0 N–H and O–H groups in total. The van der Waals surface area contributed by atoms with Crippen molar-refractivity contribution < 1.29 is 14.3 Å². The van der Waals surface area contributed by atoms with Gasteiger partial charge in [0, 0.05) is 6.42 Å². The van der Waals surface area contributed by atoms with Crippen molar-refractivity contribution in [1.29, 1.82) is 0 Å². The number of hydrogen-bond acceptors (Lipinski definition) is 3. The van der Waals surface area contributed by atoms with Gasteiger partial charge in [0.05, 0.1) is 19.2 Å². The number of benzene rings is 1. The minimum Gasteiger partial charge on any atom is -0.493 e. The van der Waals surface area contributed by atoms with Crippen LogP contribution in [0.5, 0.6) is 11.5 Å². The van der Waals surface area contributed by atoms with Crippen LogP contribution in [-0.2, 0) is 4.79 Å². The Hall–Kier alpha value is -0.930. The van der Waals surface area contributed by atoms with Gasteiger partial charge in [0.1, 0.15) is 5.38 Å². The first kappa shape index (κ1) is 14.1. The number of rotatable bonds is 5. The first-order valence-corrected chi connectivity index (χ1v) is 5.94. The van der Waals surface area contributed by atoms with E-state index in [0.29, 0.717) is 28.5 Å². The Morgan fingerprint density at radius 3 is 2.47 bits per heavy atom. The summed E-state index contributed by atoms with van der Waals surface area (Å²) in [6.07, 6.45) is 0.375. The van der Waals surface area contributed by atoms with Gasteiger partial charge in [-0.05, 0) is 17.7 Å². The van der Waals surface area contributed by atoms with E-state index in [1.165, 1.54) is 14.2 Å². The van der Waals surface area contributed by atoms with Crippen molar-refractivity contribution in [1.82, 2.24) is 0 Å². The van der Waals surface area contributed by atoms with Gasteiger partial charge in [-0.1, -0.05) is 18.5 Å². The summed E-state index contributed by atoms with van der Waals surface area (Å²) in [6, 6.07) is 3.28. The topological polar surface area (TPSA) is 35.5 Å². The predicted molar refractivity (Wildman–Crippen MR) is 68.4 cm³/mol. The molecule has 5 heteroatoms. The first-order chi connectivity index (χ1) is 8.04. The van der Waals surface area contributed by atoms with E-state index in [1.807, 2.05) is 0 Å². The van der Waals surface area contributed by atoms with Crippen molar-refractivity contribution >= 4 is 29.0 Å². The SMILES string of the molecule is CCC(=O)C(Cl)c1cc(Cl)c(OC)c(OC)c1. The Morgan fingerprint density at radius 2 is 2.00 bits per heavy atom. The maximum absolute atomic E-state index is 11.5. The van der Waals surface area contributed by atoms with Gasteiger partial charge in [0.2, 0.25) is 0 Å². The van der Waals surface area contributed by atoms with E-state index in [4.69, 9.17) is 32.7 Å². The molecule has 1 unspecified atom stereocenters. The van der Waals surface area contributed by atoms with Crippen molar-refractivity contribution in [2.24, 2.45) is 0 Å². The molecule has 0 fully saturated rings. The Morgan fingerprint density at radius 1 is 1.35 bits per heavy atom. The zero-order chi connectivity index (χ0) is 13.0. The number of alkyl halides is 1. The summed E-state index contributed by atoms with van der Waals surface area (Å²) in [7, 11) is 3.00. The lowest BCUT2D eigenvalue weighted by Crippen LogP contribution is -2.05. The Bertz CT molecular complexity index is 418. The van der Waals surface area contributed by atoms with Crippen LogP contribution in [0.25, 0.3) is 0 Å². The largest absolute Gasteiger partial charge is 0.493 e. The van der Waals surface area contributed by atoms with Gasteiger partial charge in [0.15, 0.2) is 17.3 Å². The normalized spacial score (nSPS) is 12.1. The zero-order valence-electron chi connectivity index (χ0n) is 9.92. The van der Waals surface area contributed by atoms with E-state index in [9.17, 15) is 4.79 Å². The quantitative estimate of drug-likeness (QED) is 0.771. The van der Waals surface area contributed by atoms with Crippen LogP contribution in [-0.4, -0.2) is 20.0 Å². The molecule has 0 amide bonds. The van der Waals surface area contributed by atoms with Gasteiger partial charge >= 0.3 is 0 Å². The predicted octanol–water partition coefficient (Wildman–Crippen LogP) is 3.62. The smallest absolute Gasteiger partial charge is 0.179 e. The molecular formula is C12H14Cl2O3. The summed E-state index contributed by atoms with van der Waals surface area (Å²) in [5, 5.41) is -0.339. The fourth-order valence-electron chi connectivity index (χ4n) is 1.45. The van der Waals surface area contributed by atoms with E-state index in [-0.39, 0.29) is 5.78 Å². The third kappa shape index (κ3) is 3.05. The van der Waals surface area contributed by atoms with Crippen LogP contribution in [0.3, 0.4) is 0 Å². The van der Waals surface area contributed by atoms with E-state index in [1.54, 1.807) is 19.1 Å². The molecule has 17 heavy (non-hydrogen) atoms. The highest BCUT2D eigenvalue weighted by Gasteiger charge is 2.20. The number of hydrogen-bond donors (Lipinski definition) is 0. The van der Waals surface area contributed by atoms with E-state index in [2.05, 4.69) is 0 Å². The number of methoxy groups -OCH3 is 2. The summed E-state index contributed by atoms with van der Waals surface area (Å²) < 4.78 is 10.2. The van der Waals surface area contributed by atoms with Crippen LogP contribution in [0.4, 0.5) is 0 Å². The molecule has 1 aromatic rings. The van der Waals surface area contributed by atoms with Crippen molar-refractivity contribution in [2.45, 2.75) is 18.7 Å².